The summed E-state index contributed by atoms with van der Waals surface area (Å²) >= 11 is 0. The molecule has 3 rings (SSSR count). The van der Waals surface area contributed by atoms with Crippen molar-refractivity contribution in [3.05, 3.63) is 0 Å². The lowest BCUT2D eigenvalue weighted by atomic mass is 9.82. The van der Waals surface area contributed by atoms with Crippen LogP contribution in [0.3, 0.4) is 0 Å². The van der Waals surface area contributed by atoms with Gasteiger partial charge in [-0.2, -0.15) is 8.42 Å². The van der Waals surface area contributed by atoms with E-state index in [-0.39, 0.29) is 30.3 Å². The highest BCUT2D eigenvalue weighted by Gasteiger charge is 2.64. The molecule has 0 aromatic rings. The number of rotatable bonds is 4. The molecule has 1 heterocycles. The fourth-order valence-corrected chi connectivity index (χ4v) is 3.92. The van der Waals surface area contributed by atoms with Gasteiger partial charge in [0.25, 0.3) is 10.1 Å². The molecule has 19 heavy (non-hydrogen) atoms. The summed E-state index contributed by atoms with van der Waals surface area (Å²) in [5.41, 5.74) is 0. The van der Waals surface area contributed by atoms with Gasteiger partial charge in [-0.05, 0) is 18.8 Å². The van der Waals surface area contributed by atoms with E-state index in [1.807, 2.05) is 0 Å². The lowest BCUT2D eigenvalue weighted by molar-refractivity contribution is -0.156. The van der Waals surface area contributed by atoms with Gasteiger partial charge in [0.1, 0.15) is 18.5 Å². The Bertz CT molecular complexity index is 525. The van der Waals surface area contributed by atoms with Crippen LogP contribution in [0.15, 0.2) is 0 Å². The maximum Gasteiger partial charge on any atom is 0.313 e. The Balaban J connectivity index is 1.61. The van der Waals surface area contributed by atoms with Crippen LogP contribution >= 0.6 is 0 Å². The quantitative estimate of drug-likeness (QED) is 0.555. The molecule has 1 aliphatic heterocycles. The standard InChI is InChI=1S/C11H14O7S/c12-10-7-4-5-3-6(7)9(18-10)8(5)11(13)17-1-2-19(14,15)16/h5-9H,1-4H2,(H,14,15,16)/t5-,6?,7?,8?,9?/m1/s1. The van der Waals surface area contributed by atoms with Gasteiger partial charge in [-0.1, -0.05) is 0 Å². The molecule has 106 valence electrons. The van der Waals surface area contributed by atoms with Crippen LogP contribution < -0.4 is 0 Å². The molecule has 3 aliphatic rings. The zero-order valence-electron chi connectivity index (χ0n) is 10.0. The van der Waals surface area contributed by atoms with Crippen LogP contribution in [0.1, 0.15) is 12.8 Å². The average molecular weight is 290 g/mol. The van der Waals surface area contributed by atoms with Gasteiger partial charge in [0.15, 0.2) is 0 Å². The Hall–Kier alpha value is -1.15. The number of esters is 2. The van der Waals surface area contributed by atoms with E-state index in [1.165, 1.54) is 0 Å². The van der Waals surface area contributed by atoms with E-state index in [2.05, 4.69) is 0 Å². The lowest BCUT2D eigenvalue weighted by Gasteiger charge is -2.23. The SMILES string of the molecule is O=C1OC2C3C[C@H](CC13)C2C(=O)OCCS(=O)(=O)O. The number of fused-ring (bicyclic) bond motifs is 1. The van der Waals surface area contributed by atoms with Gasteiger partial charge in [-0.15, -0.1) is 0 Å². The summed E-state index contributed by atoms with van der Waals surface area (Å²) in [6.07, 6.45) is 1.03. The molecule has 8 heteroatoms. The largest absolute Gasteiger partial charge is 0.464 e. The van der Waals surface area contributed by atoms with Gasteiger partial charge in [0.05, 0.1) is 11.8 Å². The summed E-state index contributed by atoms with van der Waals surface area (Å²) in [6, 6.07) is 0. The molecule has 0 aromatic heterocycles. The predicted molar refractivity (Wildman–Crippen MR) is 60.4 cm³/mol. The summed E-state index contributed by atoms with van der Waals surface area (Å²) in [4.78, 5) is 23.4. The number of carbonyl (C=O) groups excluding carboxylic acids is 2. The Labute approximate surface area is 110 Å². The first-order chi connectivity index (χ1) is 8.87. The summed E-state index contributed by atoms with van der Waals surface area (Å²) in [5.74, 6) is -1.74. The first-order valence-corrected chi connectivity index (χ1v) is 7.80. The first-order valence-electron chi connectivity index (χ1n) is 6.19. The molecular formula is C11H14O7S. The summed E-state index contributed by atoms with van der Waals surface area (Å²) in [6.45, 7) is -0.379. The zero-order chi connectivity index (χ0) is 13.8. The van der Waals surface area contributed by atoms with Crippen molar-refractivity contribution in [1.82, 2.24) is 0 Å². The van der Waals surface area contributed by atoms with E-state index < -0.39 is 33.9 Å². The molecular weight excluding hydrogens is 276 g/mol. The Kier molecular flexibility index (Phi) is 2.82. The molecule has 2 saturated carbocycles. The minimum atomic E-state index is -4.14. The van der Waals surface area contributed by atoms with Crippen molar-refractivity contribution in [2.24, 2.45) is 23.7 Å². The molecule has 3 fully saturated rings. The van der Waals surface area contributed by atoms with Gasteiger partial charge >= 0.3 is 11.9 Å². The summed E-state index contributed by atoms with van der Waals surface area (Å²) in [5, 5.41) is 0. The molecule has 0 spiro atoms. The van der Waals surface area contributed by atoms with E-state index in [1.54, 1.807) is 0 Å². The Morgan fingerprint density at radius 1 is 1.42 bits per heavy atom. The van der Waals surface area contributed by atoms with Crippen LogP contribution in [0.2, 0.25) is 0 Å². The van der Waals surface area contributed by atoms with Crippen molar-refractivity contribution in [3.8, 4) is 0 Å². The van der Waals surface area contributed by atoms with Gasteiger partial charge < -0.3 is 9.47 Å². The molecule has 5 atom stereocenters. The first kappa shape index (κ1) is 12.9. The Morgan fingerprint density at radius 3 is 2.84 bits per heavy atom. The minimum Gasteiger partial charge on any atom is -0.464 e. The summed E-state index contributed by atoms with van der Waals surface area (Å²) in [7, 11) is -4.14. The second-order valence-electron chi connectivity index (χ2n) is 5.38. The third kappa shape index (κ3) is 2.12. The predicted octanol–water partition coefficient (Wildman–Crippen LogP) is -0.385. The molecule has 0 aromatic carbocycles. The molecule has 1 N–H and O–H groups in total. The van der Waals surface area contributed by atoms with Gasteiger partial charge in [-0.25, -0.2) is 0 Å². The van der Waals surface area contributed by atoms with Crippen LogP contribution in [-0.2, 0) is 29.2 Å². The highest BCUT2D eigenvalue weighted by molar-refractivity contribution is 7.85. The second-order valence-corrected chi connectivity index (χ2v) is 6.95. The maximum absolute atomic E-state index is 11.9. The zero-order valence-corrected chi connectivity index (χ0v) is 10.8. The van der Waals surface area contributed by atoms with Crippen molar-refractivity contribution in [2.75, 3.05) is 12.4 Å². The second kappa shape index (κ2) is 4.17. The molecule has 7 nitrogen and oxygen atoms in total. The minimum absolute atomic E-state index is 0.0723. The number of ether oxygens (including phenoxy) is 2. The Morgan fingerprint density at radius 2 is 2.16 bits per heavy atom. The third-order valence-corrected chi connectivity index (χ3v) is 5.03. The number of hydrogen-bond donors (Lipinski definition) is 1. The van der Waals surface area contributed by atoms with E-state index in [4.69, 9.17) is 14.0 Å². The smallest absolute Gasteiger partial charge is 0.313 e. The van der Waals surface area contributed by atoms with Crippen molar-refractivity contribution in [1.29, 1.82) is 0 Å². The number of carbonyl (C=O) groups is 2. The van der Waals surface area contributed by atoms with Crippen LogP contribution in [0.25, 0.3) is 0 Å². The fourth-order valence-electron chi connectivity index (χ4n) is 3.63. The highest BCUT2D eigenvalue weighted by Crippen LogP contribution is 2.57. The van der Waals surface area contributed by atoms with E-state index in [9.17, 15) is 18.0 Å². The molecule has 4 unspecified atom stereocenters. The summed E-state index contributed by atoms with van der Waals surface area (Å²) < 4.78 is 39.7. The maximum atomic E-state index is 11.9. The lowest BCUT2D eigenvalue weighted by Crippen LogP contribution is -2.35. The van der Waals surface area contributed by atoms with Crippen LogP contribution in [0.5, 0.6) is 0 Å². The molecule has 0 radical (unpaired) electrons. The molecule has 0 amide bonds. The van der Waals surface area contributed by atoms with Gasteiger partial charge in [0, 0.05) is 5.92 Å². The van der Waals surface area contributed by atoms with Crippen LogP contribution in [-0.4, -0.2) is 43.4 Å². The molecule has 2 aliphatic carbocycles. The van der Waals surface area contributed by atoms with Crippen molar-refractivity contribution < 1.29 is 32.0 Å². The highest BCUT2D eigenvalue weighted by atomic mass is 32.2. The molecule has 1 saturated heterocycles. The van der Waals surface area contributed by atoms with Gasteiger partial charge in [0.2, 0.25) is 0 Å². The monoisotopic (exact) mass is 290 g/mol. The van der Waals surface area contributed by atoms with Crippen molar-refractivity contribution >= 4 is 22.1 Å². The third-order valence-electron chi connectivity index (χ3n) is 4.34. The van der Waals surface area contributed by atoms with Crippen molar-refractivity contribution in [3.63, 3.8) is 0 Å². The van der Waals surface area contributed by atoms with E-state index >= 15 is 0 Å². The van der Waals surface area contributed by atoms with Crippen molar-refractivity contribution in [2.45, 2.75) is 18.9 Å². The molecule has 2 bridgehead atoms. The number of hydrogen-bond acceptors (Lipinski definition) is 6. The van der Waals surface area contributed by atoms with Crippen LogP contribution in [0.4, 0.5) is 0 Å². The van der Waals surface area contributed by atoms with E-state index in [0.29, 0.717) is 6.42 Å². The van der Waals surface area contributed by atoms with E-state index in [0.717, 1.165) is 6.42 Å². The fraction of sp³-hybridized carbons (Fsp3) is 0.818. The average Bonchev–Trinajstić information content (AvgIpc) is 2.87. The normalized spacial score (nSPS) is 39.4. The van der Waals surface area contributed by atoms with Crippen LogP contribution in [0, 0.1) is 23.7 Å². The topological polar surface area (TPSA) is 107 Å². The van der Waals surface area contributed by atoms with Gasteiger partial charge in [-0.3, -0.25) is 14.1 Å².